The van der Waals surface area contributed by atoms with Crippen LogP contribution < -0.4 is 8.45 Å². The van der Waals surface area contributed by atoms with Crippen molar-refractivity contribution in [3.63, 3.8) is 0 Å². The van der Waals surface area contributed by atoms with E-state index in [1.165, 1.54) is 3.71 Å². The van der Waals surface area contributed by atoms with Gasteiger partial charge < -0.3 is 4.74 Å². The number of hydrogen-bond acceptors (Lipinski definition) is 5. The zero-order chi connectivity index (χ0) is 23.3. The van der Waals surface area contributed by atoms with Gasteiger partial charge in [-0.3, -0.25) is 8.37 Å². The van der Waals surface area contributed by atoms with E-state index in [1.807, 2.05) is 32.0 Å². The molecule has 0 spiro atoms. The van der Waals surface area contributed by atoms with E-state index in [9.17, 15) is 8.42 Å². The van der Waals surface area contributed by atoms with Crippen LogP contribution in [-0.4, -0.2) is 21.6 Å². The minimum Gasteiger partial charge on any atom is -0.457 e. The second-order valence-corrected chi connectivity index (χ2v) is 9.84. The maximum atomic E-state index is 12.8. The van der Waals surface area contributed by atoms with Crippen LogP contribution in [0.25, 0.3) is 0 Å². The SMILES string of the molecule is CCCCCOS(=O)N(c1ccc(Oc2cccc(C)c2C)cc1)S(=O)OCCCCC. The van der Waals surface area contributed by atoms with E-state index in [-0.39, 0.29) is 0 Å². The first-order valence-corrected chi connectivity index (χ1v) is 13.3. The third-order valence-electron chi connectivity index (χ3n) is 4.97. The van der Waals surface area contributed by atoms with Crippen LogP contribution in [-0.2, 0) is 30.9 Å². The van der Waals surface area contributed by atoms with Crippen molar-refractivity contribution < 1.29 is 21.5 Å². The number of aryl methyl sites for hydroxylation is 1. The van der Waals surface area contributed by atoms with Gasteiger partial charge in [-0.1, -0.05) is 51.7 Å². The van der Waals surface area contributed by atoms with Crippen LogP contribution in [0.2, 0.25) is 0 Å². The number of benzene rings is 2. The molecule has 8 heteroatoms. The van der Waals surface area contributed by atoms with Crippen molar-refractivity contribution >= 4 is 28.2 Å². The van der Waals surface area contributed by atoms with Crippen LogP contribution in [0, 0.1) is 13.8 Å². The summed E-state index contributed by atoms with van der Waals surface area (Å²) >= 11 is -3.87. The normalized spacial score (nSPS) is 13.0. The molecule has 0 amide bonds. The summed E-state index contributed by atoms with van der Waals surface area (Å²) in [5.41, 5.74) is 2.69. The molecular weight excluding hydrogens is 446 g/mol. The van der Waals surface area contributed by atoms with E-state index in [0.717, 1.165) is 55.4 Å². The molecule has 2 aromatic carbocycles. The molecule has 0 aliphatic heterocycles. The first-order chi connectivity index (χ1) is 15.5. The van der Waals surface area contributed by atoms with Crippen molar-refractivity contribution in [2.45, 2.75) is 66.2 Å². The lowest BCUT2D eigenvalue weighted by molar-refractivity contribution is 0.326. The quantitative estimate of drug-likeness (QED) is 0.273. The molecule has 0 heterocycles. The summed E-state index contributed by atoms with van der Waals surface area (Å²) in [7, 11) is 0. The lowest BCUT2D eigenvalue weighted by atomic mass is 10.1. The second-order valence-electron chi connectivity index (χ2n) is 7.54. The maximum absolute atomic E-state index is 12.8. The van der Waals surface area contributed by atoms with Crippen molar-refractivity contribution in [2.24, 2.45) is 0 Å². The van der Waals surface area contributed by atoms with Crippen molar-refractivity contribution in [3.8, 4) is 11.5 Å². The Balaban J connectivity index is 2.13. The summed E-state index contributed by atoms with van der Waals surface area (Å²) in [6, 6.07) is 12.8. The molecule has 0 aliphatic carbocycles. The van der Waals surface area contributed by atoms with Gasteiger partial charge in [0.2, 0.25) is 0 Å². The smallest absolute Gasteiger partial charge is 0.278 e. The number of nitrogens with zero attached hydrogens (tertiary/aromatic N) is 1. The molecular formula is C24H35NO5S2. The summed E-state index contributed by atoms with van der Waals surface area (Å²) < 4.78 is 43.7. The molecule has 0 saturated heterocycles. The first kappa shape index (κ1) is 26.5. The Hall–Kier alpha value is -1.74. The Morgan fingerprint density at radius 1 is 0.781 bits per heavy atom. The van der Waals surface area contributed by atoms with Crippen molar-refractivity contribution in [1.82, 2.24) is 0 Å². The molecule has 2 aromatic rings. The molecule has 0 N–H and O–H groups in total. The molecule has 0 aliphatic rings. The maximum Gasteiger partial charge on any atom is 0.278 e. The predicted octanol–water partition coefficient (Wildman–Crippen LogP) is 6.47. The van der Waals surface area contributed by atoms with Gasteiger partial charge in [-0.25, -0.2) is 8.42 Å². The second kappa shape index (κ2) is 14.4. The summed E-state index contributed by atoms with van der Waals surface area (Å²) in [5.74, 6) is 1.41. The fourth-order valence-electron chi connectivity index (χ4n) is 2.88. The van der Waals surface area contributed by atoms with Gasteiger partial charge in [-0.05, 0) is 68.1 Å². The van der Waals surface area contributed by atoms with E-state index in [1.54, 1.807) is 24.3 Å². The molecule has 0 aromatic heterocycles. The predicted molar refractivity (Wildman–Crippen MR) is 132 cm³/mol. The van der Waals surface area contributed by atoms with E-state index < -0.39 is 22.5 Å². The summed E-state index contributed by atoms with van der Waals surface area (Å²) in [6.07, 6.45) is 5.63. The van der Waals surface area contributed by atoms with Gasteiger partial charge in [-0.15, -0.1) is 0 Å². The van der Waals surface area contributed by atoms with Crippen LogP contribution in [0.3, 0.4) is 0 Å². The molecule has 32 heavy (non-hydrogen) atoms. The molecule has 0 radical (unpaired) electrons. The van der Waals surface area contributed by atoms with E-state index >= 15 is 0 Å². The molecule has 0 fully saturated rings. The highest BCUT2D eigenvalue weighted by Gasteiger charge is 2.23. The Labute approximate surface area is 197 Å². The molecule has 178 valence electrons. The lowest BCUT2D eigenvalue weighted by Gasteiger charge is -2.20. The minimum atomic E-state index is -1.93. The molecule has 0 saturated carbocycles. The van der Waals surface area contributed by atoms with Gasteiger partial charge in [0.1, 0.15) is 11.5 Å². The summed E-state index contributed by atoms with van der Waals surface area (Å²) in [5, 5.41) is 0. The third kappa shape index (κ3) is 8.31. The van der Waals surface area contributed by atoms with Gasteiger partial charge in [0.05, 0.1) is 18.9 Å². The monoisotopic (exact) mass is 481 g/mol. The average Bonchev–Trinajstić information content (AvgIpc) is 2.79. The fourth-order valence-corrected chi connectivity index (χ4v) is 4.84. The fraction of sp³-hybridized carbons (Fsp3) is 0.500. The van der Waals surface area contributed by atoms with Crippen molar-refractivity contribution in [1.29, 1.82) is 0 Å². The number of ether oxygens (including phenoxy) is 1. The standard InChI is InChI=1S/C24H35NO5S2/c1-5-7-9-18-28-31(26)25(32(27)29-19-10-8-6-2)22-14-16-23(17-15-22)30-24-13-11-12-20(3)21(24)4/h11-17H,5-10,18-19H2,1-4H3. The van der Waals surface area contributed by atoms with Crippen LogP contribution in [0.1, 0.15) is 63.5 Å². The highest BCUT2D eigenvalue weighted by Crippen LogP contribution is 2.29. The first-order valence-electron chi connectivity index (χ1n) is 11.2. The van der Waals surface area contributed by atoms with Gasteiger partial charge in [0.25, 0.3) is 22.5 Å². The van der Waals surface area contributed by atoms with Crippen LogP contribution in [0.4, 0.5) is 5.69 Å². The van der Waals surface area contributed by atoms with Crippen molar-refractivity contribution in [2.75, 3.05) is 16.9 Å². The number of rotatable bonds is 15. The van der Waals surface area contributed by atoms with Gasteiger partial charge in [0.15, 0.2) is 0 Å². The highest BCUT2D eigenvalue weighted by molar-refractivity contribution is 7.99. The summed E-state index contributed by atoms with van der Waals surface area (Å²) in [6.45, 7) is 8.89. The van der Waals surface area contributed by atoms with Crippen LogP contribution in [0.5, 0.6) is 11.5 Å². The zero-order valence-corrected chi connectivity index (χ0v) is 21.1. The minimum absolute atomic E-state index is 0.331. The van der Waals surface area contributed by atoms with Gasteiger partial charge >= 0.3 is 0 Å². The molecule has 6 nitrogen and oxygen atoms in total. The van der Waals surface area contributed by atoms with E-state index in [0.29, 0.717) is 24.7 Å². The molecule has 2 rings (SSSR count). The van der Waals surface area contributed by atoms with Crippen molar-refractivity contribution in [3.05, 3.63) is 53.6 Å². The third-order valence-corrected chi connectivity index (χ3v) is 7.40. The largest absolute Gasteiger partial charge is 0.457 e. The van der Waals surface area contributed by atoms with Crippen LogP contribution in [0.15, 0.2) is 42.5 Å². The molecule has 0 bridgehead atoms. The Kier molecular flexibility index (Phi) is 11.9. The topological polar surface area (TPSA) is 65.1 Å². The number of hydrogen-bond donors (Lipinski definition) is 0. The van der Waals surface area contributed by atoms with Gasteiger partial charge in [0, 0.05) is 0 Å². The Bertz CT molecular complexity index is 849. The lowest BCUT2D eigenvalue weighted by Crippen LogP contribution is -2.31. The van der Waals surface area contributed by atoms with E-state index in [2.05, 4.69) is 13.8 Å². The Morgan fingerprint density at radius 2 is 1.34 bits per heavy atom. The van der Waals surface area contributed by atoms with Crippen LogP contribution >= 0.6 is 0 Å². The average molecular weight is 482 g/mol. The Morgan fingerprint density at radius 3 is 1.88 bits per heavy atom. The number of unbranched alkanes of at least 4 members (excludes halogenated alkanes) is 4. The summed E-state index contributed by atoms with van der Waals surface area (Å²) in [4.78, 5) is 0. The highest BCUT2D eigenvalue weighted by atomic mass is 32.3. The molecule has 2 atom stereocenters. The number of anilines is 1. The zero-order valence-electron chi connectivity index (χ0n) is 19.5. The molecule has 2 unspecified atom stereocenters. The van der Waals surface area contributed by atoms with Gasteiger partial charge in [-0.2, -0.15) is 3.71 Å². The van der Waals surface area contributed by atoms with E-state index in [4.69, 9.17) is 13.1 Å².